The highest BCUT2D eigenvalue weighted by Crippen LogP contribution is 2.47. The number of rotatable bonds is 4. The number of hydrogen-bond acceptors (Lipinski definition) is 3. The topological polar surface area (TPSA) is 44.5 Å². The van der Waals surface area contributed by atoms with Gasteiger partial charge in [-0.25, -0.2) is 0 Å². The minimum Gasteiger partial charge on any atom is -0.496 e. The molecule has 16 heavy (non-hydrogen) atoms. The molecule has 0 spiro atoms. The van der Waals surface area contributed by atoms with E-state index < -0.39 is 0 Å². The van der Waals surface area contributed by atoms with Gasteiger partial charge in [-0.05, 0) is 31.0 Å². The average molecular weight is 221 g/mol. The van der Waals surface area contributed by atoms with E-state index >= 15 is 0 Å². The first-order valence-electron chi connectivity index (χ1n) is 5.73. The number of ether oxygens (including phenoxy) is 2. The zero-order valence-corrected chi connectivity index (χ0v) is 10.2. The van der Waals surface area contributed by atoms with Crippen LogP contribution in [-0.4, -0.2) is 20.8 Å². The smallest absolute Gasteiger partial charge is 0.125 e. The average Bonchev–Trinajstić information content (AvgIpc) is 2.29. The van der Waals surface area contributed by atoms with E-state index in [4.69, 9.17) is 15.2 Å². The van der Waals surface area contributed by atoms with Gasteiger partial charge in [0, 0.05) is 17.0 Å². The maximum absolute atomic E-state index is 5.74. The van der Waals surface area contributed by atoms with Gasteiger partial charge < -0.3 is 15.2 Å². The van der Waals surface area contributed by atoms with Crippen LogP contribution in [0.15, 0.2) is 6.07 Å². The maximum atomic E-state index is 5.74. The molecular weight excluding hydrogens is 202 g/mol. The summed E-state index contributed by atoms with van der Waals surface area (Å²) in [5.41, 5.74) is 9.49. The van der Waals surface area contributed by atoms with E-state index in [1.54, 1.807) is 14.2 Å². The molecule has 0 heterocycles. The number of nitrogens with two attached hydrogens (primary N) is 1. The van der Waals surface area contributed by atoms with Crippen LogP contribution in [0, 0.1) is 0 Å². The third kappa shape index (κ3) is 1.47. The highest BCUT2D eigenvalue weighted by atomic mass is 16.5. The molecule has 1 unspecified atom stereocenters. The fourth-order valence-corrected chi connectivity index (χ4v) is 2.52. The fourth-order valence-electron chi connectivity index (χ4n) is 2.52. The Bertz CT molecular complexity index is 401. The molecule has 88 valence electrons. The molecule has 1 atom stereocenters. The van der Waals surface area contributed by atoms with Crippen LogP contribution in [-0.2, 0) is 12.8 Å². The number of methoxy groups -OCH3 is 2. The normalized spacial score (nSPS) is 17.6. The van der Waals surface area contributed by atoms with Gasteiger partial charge in [-0.3, -0.25) is 0 Å². The molecule has 2 rings (SSSR count). The molecule has 2 N–H and O–H groups in total. The minimum absolute atomic E-state index is 0.435. The van der Waals surface area contributed by atoms with Gasteiger partial charge in [0.25, 0.3) is 0 Å². The summed E-state index contributed by atoms with van der Waals surface area (Å²) < 4.78 is 10.9. The van der Waals surface area contributed by atoms with Crippen molar-refractivity contribution >= 4 is 0 Å². The van der Waals surface area contributed by atoms with Gasteiger partial charge in [-0.2, -0.15) is 0 Å². The lowest BCUT2D eigenvalue weighted by Crippen LogP contribution is -2.26. The Hall–Kier alpha value is -1.22. The van der Waals surface area contributed by atoms with Crippen LogP contribution in [0.3, 0.4) is 0 Å². The lowest BCUT2D eigenvalue weighted by Gasteiger charge is -2.33. The van der Waals surface area contributed by atoms with E-state index in [-0.39, 0.29) is 0 Å². The zero-order valence-electron chi connectivity index (χ0n) is 10.2. The molecule has 0 amide bonds. The van der Waals surface area contributed by atoms with E-state index in [0.717, 1.165) is 24.3 Å². The van der Waals surface area contributed by atoms with Gasteiger partial charge in [0.2, 0.25) is 0 Å². The van der Waals surface area contributed by atoms with Crippen LogP contribution in [0.4, 0.5) is 0 Å². The summed E-state index contributed by atoms with van der Waals surface area (Å²) in [5, 5.41) is 0. The van der Waals surface area contributed by atoms with Gasteiger partial charge in [0.1, 0.15) is 11.5 Å². The standard InChI is InChI=1S/C13H19NO2/c1-4-8-6-11(15-2)12-9(7-14)5-10(12)13(8)16-3/h6,9H,4-5,7,14H2,1-3H3. The van der Waals surface area contributed by atoms with Crippen LogP contribution in [0.5, 0.6) is 11.5 Å². The van der Waals surface area contributed by atoms with Crippen LogP contribution in [0.25, 0.3) is 0 Å². The molecule has 1 aromatic rings. The maximum Gasteiger partial charge on any atom is 0.125 e. The second-order valence-electron chi connectivity index (χ2n) is 4.15. The molecule has 1 aromatic carbocycles. The van der Waals surface area contributed by atoms with Crippen molar-refractivity contribution in [1.29, 1.82) is 0 Å². The van der Waals surface area contributed by atoms with E-state index in [1.807, 2.05) is 0 Å². The summed E-state index contributed by atoms with van der Waals surface area (Å²) >= 11 is 0. The second-order valence-corrected chi connectivity index (χ2v) is 4.15. The molecule has 0 radical (unpaired) electrons. The number of benzene rings is 1. The quantitative estimate of drug-likeness (QED) is 0.844. The predicted octanol–water partition coefficient (Wildman–Crippen LogP) is 1.86. The van der Waals surface area contributed by atoms with Crippen molar-refractivity contribution < 1.29 is 9.47 Å². The molecule has 1 aliphatic carbocycles. The first-order valence-corrected chi connectivity index (χ1v) is 5.73. The molecule has 3 heteroatoms. The molecule has 0 fully saturated rings. The molecule has 3 nitrogen and oxygen atoms in total. The van der Waals surface area contributed by atoms with E-state index in [1.165, 1.54) is 16.7 Å². The Morgan fingerprint density at radius 1 is 1.38 bits per heavy atom. The van der Waals surface area contributed by atoms with Gasteiger partial charge in [0.05, 0.1) is 14.2 Å². The molecule has 0 bridgehead atoms. The van der Waals surface area contributed by atoms with Gasteiger partial charge in [0.15, 0.2) is 0 Å². The largest absolute Gasteiger partial charge is 0.496 e. The first-order chi connectivity index (χ1) is 7.76. The molecule has 0 saturated carbocycles. The fraction of sp³-hybridized carbons (Fsp3) is 0.538. The van der Waals surface area contributed by atoms with Crippen molar-refractivity contribution in [3.8, 4) is 11.5 Å². The summed E-state index contributed by atoms with van der Waals surface area (Å²) in [7, 11) is 3.45. The molecule has 0 aliphatic heterocycles. The summed E-state index contributed by atoms with van der Waals surface area (Å²) in [4.78, 5) is 0. The predicted molar refractivity (Wildman–Crippen MR) is 64.4 cm³/mol. The van der Waals surface area contributed by atoms with E-state index in [2.05, 4.69) is 13.0 Å². The van der Waals surface area contributed by atoms with Crippen molar-refractivity contribution in [2.24, 2.45) is 5.73 Å². The van der Waals surface area contributed by atoms with Crippen LogP contribution in [0.1, 0.15) is 29.5 Å². The summed E-state index contributed by atoms with van der Waals surface area (Å²) in [6.45, 7) is 2.81. The Morgan fingerprint density at radius 2 is 2.12 bits per heavy atom. The van der Waals surface area contributed by atoms with Gasteiger partial charge in [-0.15, -0.1) is 0 Å². The van der Waals surface area contributed by atoms with Crippen LogP contribution < -0.4 is 15.2 Å². The van der Waals surface area contributed by atoms with Crippen molar-refractivity contribution in [3.63, 3.8) is 0 Å². The number of aryl methyl sites for hydroxylation is 1. The summed E-state index contributed by atoms with van der Waals surface area (Å²) in [5.74, 6) is 2.43. The Kier molecular flexibility index (Phi) is 3.06. The van der Waals surface area contributed by atoms with Crippen LogP contribution >= 0.6 is 0 Å². The van der Waals surface area contributed by atoms with E-state index in [9.17, 15) is 0 Å². The highest BCUT2D eigenvalue weighted by Gasteiger charge is 2.33. The molecule has 0 aromatic heterocycles. The second kappa shape index (κ2) is 4.34. The highest BCUT2D eigenvalue weighted by molar-refractivity contribution is 5.60. The molecule has 1 aliphatic rings. The Labute approximate surface area is 96.5 Å². The SMILES string of the molecule is CCc1cc(OC)c2c(c1OC)CC2CN. The van der Waals surface area contributed by atoms with Crippen LogP contribution in [0.2, 0.25) is 0 Å². The monoisotopic (exact) mass is 221 g/mol. The first kappa shape index (κ1) is 11.3. The van der Waals surface area contributed by atoms with Crippen molar-refractivity contribution in [1.82, 2.24) is 0 Å². The molecular formula is C13H19NO2. The molecule has 0 saturated heterocycles. The lowest BCUT2D eigenvalue weighted by molar-refractivity contribution is 0.373. The summed E-state index contributed by atoms with van der Waals surface area (Å²) in [6.07, 6.45) is 1.97. The van der Waals surface area contributed by atoms with Gasteiger partial charge in [-0.1, -0.05) is 6.92 Å². The van der Waals surface area contributed by atoms with Crippen molar-refractivity contribution in [2.45, 2.75) is 25.7 Å². The minimum atomic E-state index is 0.435. The third-order valence-electron chi connectivity index (χ3n) is 3.41. The van der Waals surface area contributed by atoms with Crippen molar-refractivity contribution in [3.05, 3.63) is 22.8 Å². The Balaban J connectivity index is 2.54. The summed E-state index contributed by atoms with van der Waals surface area (Å²) in [6, 6.07) is 2.08. The zero-order chi connectivity index (χ0) is 11.7. The number of hydrogen-bond donors (Lipinski definition) is 1. The lowest BCUT2D eigenvalue weighted by atomic mass is 9.75. The number of fused-ring (bicyclic) bond motifs is 1. The third-order valence-corrected chi connectivity index (χ3v) is 3.41. The Morgan fingerprint density at radius 3 is 2.62 bits per heavy atom. The van der Waals surface area contributed by atoms with Gasteiger partial charge >= 0.3 is 0 Å². The van der Waals surface area contributed by atoms with E-state index in [0.29, 0.717) is 12.5 Å². The van der Waals surface area contributed by atoms with Crippen molar-refractivity contribution in [2.75, 3.05) is 20.8 Å².